The molecule has 2 aromatic carbocycles. The van der Waals surface area contributed by atoms with Crippen LogP contribution in [-0.4, -0.2) is 28.3 Å². The molecular formula is C16H14N4O4S. The zero-order chi connectivity index (χ0) is 18.0. The van der Waals surface area contributed by atoms with E-state index >= 15 is 0 Å². The van der Waals surface area contributed by atoms with Gasteiger partial charge < -0.3 is 9.84 Å². The number of fused-ring (bicyclic) bond motifs is 1. The normalized spacial score (nSPS) is 11.1. The molecule has 2 N–H and O–H groups in total. The van der Waals surface area contributed by atoms with E-state index in [1.54, 1.807) is 0 Å². The fourth-order valence-electron chi connectivity index (χ4n) is 2.21. The van der Waals surface area contributed by atoms with Gasteiger partial charge in [-0.15, -0.1) is 0 Å². The Morgan fingerprint density at radius 2 is 2.20 bits per heavy atom. The molecule has 0 spiro atoms. The second-order valence-corrected chi connectivity index (χ2v) is 6.23. The first kappa shape index (κ1) is 16.7. The summed E-state index contributed by atoms with van der Waals surface area (Å²) in [7, 11) is 1.32. The molecule has 8 nitrogen and oxygen atoms in total. The molecule has 25 heavy (non-hydrogen) atoms. The Morgan fingerprint density at radius 3 is 2.92 bits per heavy atom. The number of nitrogens with one attached hydrogen (secondary N) is 1. The number of aromatic nitrogens is 1. The van der Waals surface area contributed by atoms with Crippen molar-refractivity contribution in [3.8, 4) is 11.5 Å². The first-order chi connectivity index (χ1) is 12.0. The van der Waals surface area contributed by atoms with Gasteiger partial charge in [0.2, 0.25) is 5.13 Å². The smallest absolute Gasteiger partial charge is 0.274 e. The Bertz CT molecular complexity index is 984. The van der Waals surface area contributed by atoms with Gasteiger partial charge in [0.1, 0.15) is 0 Å². The van der Waals surface area contributed by atoms with Crippen molar-refractivity contribution in [1.82, 2.24) is 4.98 Å². The van der Waals surface area contributed by atoms with E-state index in [2.05, 4.69) is 15.5 Å². The summed E-state index contributed by atoms with van der Waals surface area (Å²) in [4.78, 5) is 14.8. The highest BCUT2D eigenvalue weighted by Crippen LogP contribution is 2.33. The number of hydrazone groups is 1. The van der Waals surface area contributed by atoms with E-state index in [-0.39, 0.29) is 22.7 Å². The van der Waals surface area contributed by atoms with E-state index < -0.39 is 4.92 Å². The molecule has 3 aromatic rings. The lowest BCUT2D eigenvalue weighted by molar-refractivity contribution is -0.385. The highest BCUT2D eigenvalue weighted by atomic mass is 32.1. The standard InChI is InChI=1S/C16H14N4O4S/c1-9-3-4-12-14(5-9)25-16(18-12)19-17-8-10-6-11(20(22)23)7-13(24-2)15(10)21/h3-8,21H,1-2H3,(H,18,19)/b17-8-. The lowest BCUT2D eigenvalue weighted by Gasteiger charge is -2.05. The third kappa shape index (κ3) is 3.50. The van der Waals surface area contributed by atoms with Gasteiger partial charge in [0, 0.05) is 11.6 Å². The van der Waals surface area contributed by atoms with Gasteiger partial charge in [-0.3, -0.25) is 15.5 Å². The first-order valence-electron chi connectivity index (χ1n) is 7.19. The molecule has 1 aromatic heterocycles. The lowest BCUT2D eigenvalue weighted by Crippen LogP contribution is -1.96. The van der Waals surface area contributed by atoms with Crippen molar-refractivity contribution in [2.75, 3.05) is 12.5 Å². The molecule has 0 aliphatic heterocycles. The number of rotatable bonds is 5. The van der Waals surface area contributed by atoms with Crippen LogP contribution in [0.3, 0.4) is 0 Å². The Kier molecular flexibility index (Phi) is 4.48. The number of hydrogen-bond donors (Lipinski definition) is 2. The van der Waals surface area contributed by atoms with Gasteiger partial charge in [-0.2, -0.15) is 5.10 Å². The average molecular weight is 358 g/mol. The van der Waals surface area contributed by atoms with Crippen LogP contribution >= 0.6 is 11.3 Å². The van der Waals surface area contributed by atoms with Crippen LogP contribution in [0.25, 0.3) is 10.2 Å². The largest absolute Gasteiger partial charge is 0.504 e. The van der Waals surface area contributed by atoms with Crippen LogP contribution in [0.2, 0.25) is 0 Å². The van der Waals surface area contributed by atoms with E-state index in [4.69, 9.17) is 4.74 Å². The quantitative estimate of drug-likeness (QED) is 0.409. The number of phenols is 1. The van der Waals surface area contributed by atoms with Crippen LogP contribution < -0.4 is 10.2 Å². The maximum absolute atomic E-state index is 11.0. The van der Waals surface area contributed by atoms with Crippen LogP contribution in [0.1, 0.15) is 11.1 Å². The molecule has 9 heteroatoms. The highest BCUT2D eigenvalue weighted by Gasteiger charge is 2.15. The van der Waals surface area contributed by atoms with E-state index in [1.165, 1.54) is 30.7 Å². The van der Waals surface area contributed by atoms with Gasteiger partial charge in [-0.05, 0) is 24.6 Å². The van der Waals surface area contributed by atoms with E-state index in [0.717, 1.165) is 21.8 Å². The predicted molar refractivity (Wildman–Crippen MR) is 96.9 cm³/mol. The third-order valence-corrected chi connectivity index (χ3v) is 4.35. The van der Waals surface area contributed by atoms with Crippen LogP contribution in [0.15, 0.2) is 35.4 Å². The molecule has 0 aliphatic carbocycles. The van der Waals surface area contributed by atoms with Gasteiger partial charge in [-0.1, -0.05) is 17.4 Å². The summed E-state index contributed by atoms with van der Waals surface area (Å²) in [5.74, 6) is -0.218. The number of aromatic hydroxyl groups is 1. The monoisotopic (exact) mass is 358 g/mol. The molecule has 0 unspecified atom stereocenters. The minimum absolute atomic E-state index is 0.00566. The summed E-state index contributed by atoms with van der Waals surface area (Å²) in [5, 5.41) is 25.6. The van der Waals surface area contributed by atoms with Gasteiger partial charge in [-0.25, -0.2) is 4.98 Å². The number of hydrogen-bond acceptors (Lipinski definition) is 8. The van der Waals surface area contributed by atoms with Crippen molar-refractivity contribution in [2.24, 2.45) is 5.10 Å². The fraction of sp³-hybridized carbons (Fsp3) is 0.125. The minimum atomic E-state index is -0.567. The van der Waals surface area contributed by atoms with Gasteiger partial charge in [0.15, 0.2) is 11.5 Å². The van der Waals surface area contributed by atoms with E-state index in [1.807, 2.05) is 25.1 Å². The number of nitrogens with zero attached hydrogens (tertiary/aromatic N) is 3. The molecule has 128 valence electrons. The van der Waals surface area contributed by atoms with Crippen molar-refractivity contribution in [3.63, 3.8) is 0 Å². The van der Waals surface area contributed by atoms with Crippen molar-refractivity contribution in [3.05, 3.63) is 51.6 Å². The van der Waals surface area contributed by atoms with Gasteiger partial charge in [0.05, 0.1) is 34.5 Å². The molecule has 0 saturated heterocycles. The average Bonchev–Trinajstić information content (AvgIpc) is 2.97. The zero-order valence-electron chi connectivity index (χ0n) is 13.4. The maximum Gasteiger partial charge on any atom is 0.274 e. The highest BCUT2D eigenvalue weighted by molar-refractivity contribution is 7.22. The Balaban J connectivity index is 1.85. The minimum Gasteiger partial charge on any atom is -0.504 e. The van der Waals surface area contributed by atoms with Crippen LogP contribution in [-0.2, 0) is 0 Å². The van der Waals surface area contributed by atoms with Gasteiger partial charge >= 0.3 is 0 Å². The number of anilines is 1. The Hall–Kier alpha value is -3.20. The number of thiazole rings is 1. The number of methoxy groups -OCH3 is 1. The number of phenolic OH excluding ortho intramolecular Hbond substituents is 1. The number of aryl methyl sites for hydroxylation is 1. The number of nitro benzene ring substituents is 1. The number of nitro groups is 1. The summed E-state index contributed by atoms with van der Waals surface area (Å²) in [6.45, 7) is 2.00. The van der Waals surface area contributed by atoms with Crippen LogP contribution in [0.5, 0.6) is 11.5 Å². The van der Waals surface area contributed by atoms with Gasteiger partial charge in [0.25, 0.3) is 5.69 Å². The third-order valence-electron chi connectivity index (χ3n) is 3.43. The first-order valence-corrected chi connectivity index (χ1v) is 8.01. The summed E-state index contributed by atoms with van der Waals surface area (Å²) in [6, 6.07) is 8.29. The summed E-state index contributed by atoms with van der Waals surface area (Å²) >= 11 is 1.44. The van der Waals surface area contributed by atoms with E-state index in [0.29, 0.717) is 5.13 Å². The van der Waals surface area contributed by atoms with Crippen LogP contribution in [0, 0.1) is 17.0 Å². The molecule has 0 aliphatic rings. The van der Waals surface area contributed by atoms with Crippen LogP contribution in [0.4, 0.5) is 10.8 Å². The van der Waals surface area contributed by atoms with Crippen molar-refractivity contribution in [2.45, 2.75) is 6.92 Å². The van der Waals surface area contributed by atoms with Crippen molar-refractivity contribution >= 4 is 38.6 Å². The number of benzene rings is 2. The molecule has 0 radical (unpaired) electrons. The number of non-ortho nitro benzene ring substituents is 1. The topological polar surface area (TPSA) is 110 Å². The molecule has 0 amide bonds. The molecule has 0 bridgehead atoms. The van der Waals surface area contributed by atoms with E-state index in [9.17, 15) is 15.2 Å². The Morgan fingerprint density at radius 1 is 1.40 bits per heavy atom. The SMILES string of the molecule is COc1cc([N+](=O)[O-])cc(/C=N\Nc2nc3ccc(C)cc3s2)c1O. The maximum atomic E-state index is 11.0. The summed E-state index contributed by atoms with van der Waals surface area (Å²) in [5.41, 5.74) is 4.72. The summed E-state index contributed by atoms with van der Waals surface area (Å²) in [6.07, 6.45) is 1.28. The number of ether oxygens (including phenoxy) is 1. The van der Waals surface area contributed by atoms with Crippen molar-refractivity contribution in [1.29, 1.82) is 0 Å². The molecule has 0 atom stereocenters. The zero-order valence-corrected chi connectivity index (χ0v) is 14.2. The fourth-order valence-corrected chi connectivity index (χ4v) is 3.12. The molecule has 1 heterocycles. The Labute approximate surface area is 146 Å². The lowest BCUT2D eigenvalue weighted by atomic mass is 10.2. The molecular weight excluding hydrogens is 344 g/mol. The molecule has 0 fully saturated rings. The molecule has 0 saturated carbocycles. The molecule has 3 rings (SSSR count). The predicted octanol–water partition coefficient (Wildman–Crippen LogP) is 3.67. The second-order valence-electron chi connectivity index (χ2n) is 5.20. The summed E-state index contributed by atoms with van der Waals surface area (Å²) < 4.78 is 5.97. The van der Waals surface area contributed by atoms with Crippen molar-refractivity contribution < 1.29 is 14.8 Å². The second kappa shape index (κ2) is 6.73.